The van der Waals surface area contributed by atoms with Crippen LogP contribution in [0.25, 0.3) is 10.1 Å². The molecule has 96 valence electrons. The first-order valence-electron chi connectivity index (χ1n) is 5.84. The monoisotopic (exact) mass is 335 g/mol. The molecule has 3 rings (SSSR count). The summed E-state index contributed by atoms with van der Waals surface area (Å²) in [6.45, 7) is 0. The topological polar surface area (TPSA) is 26.0 Å². The van der Waals surface area contributed by atoms with Gasteiger partial charge in [-0.2, -0.15) is 0 Å². The summed E-state index contributed by atoms with van der Waals surface area (Å²) in [5.74, 6) is -0.271. The fourth-order valence-electron chi connectivity index (χ4n) is 2.03. The van der Waals surface area contributed by atoms with Crippen LogP contribution in [0.1, 0.15) is 16.5 Å². The maximum Gasteiger partial charge on any atom is 0.137 e. The Bertz CT molecular complexity index is 705. The van der Waals surface area contributed by atoms with Gasteiger partial charge in [0.05, 0.1) is 10.5 Å². The minimum absolute atomic E-state index is 0.228. The van der Waals surface area contributed by atoms with E-state index in [0.29, 0.717) is 4.47 Å². The first-order chi connectivity index (χ1) is 9.15. The fraction of sp³-hybridized carbons (Fsp3) is 0.0667. The van der Waals surface area contributed by atoms with Gasteiger partial charge in [0.2, 0.25) is 0 Å². The average molecular weight is 336 g/mol. The number of rotatable bonds is 2. The zero-order valence-corrected chi connectivity index (χ0v) is 12.3. The summed E-state index contributed by atoms with van der Waals surface area (Å²) in [6.07, 6.45) is 0. The molecule has 0 aliphatic heterocycles. The van der Waals surface area contributed by atoms with E-state index in [-0.39, 0.29) is 11.9 Å². The fourth-order valence-corrected chi connectivity index (χ4v) is 3.52. The first-order valence-corrected chi connectivity index (χ1v) is 7.45. The second-order valence-corrected chi connectivity index (χ2v) is 6.31. The number of nitrogens with two attached hydrogens (primary N) is 1. The van der Waals surface area contributed by atoms with Gasteiger partial charge in [-0.25, -0.2) is 4.39 Å². The molecule has 0 saturated heterocycles. The smallest absolute Gasteiger partial charge is 0.137 e. The molecule has 2 aromatic carbocycles. The van der Waals surface area contributed by atoms with Gasteiger partial charge in [-0.1, -0.05) is 24.3 Å². The van der Waals surface area contributed by atoms with Crippen LogP contribution in [0, 0.1) is 5.82 Å². The molecular formula is C15H11BrFNS. The van der Waals surface area contributed by atoms with Gasteiger partial charge < -0.3 is 5.73 Å². The zero-order valence-electron chi connectivity index (χ0n) is 9.94. The van der Waals surface area contributed by atoms with Crippen molar-refractivity contribution >= 4 is 37.4 Å². The molecule has 1 unspecified atom stereocenters. The predicted octanol–water partition coefficient (Wildman–Crippen LogP) is 4.85. The number of halogens is 2. The van der Waals surface area contributed by atoms with Gasteiger partial charge in [-0.15, -0.1) is 11.3 Å². The van der Waals surface area contributed by atoms with E-state index in [9.17, 15) is 4.39 Å². The van der Waals surface area contributed by atoms with E-state index < -0.39 is 0 Å². The SMILES string of the molecule is NC(c1ccc(F)c(Br)c1)c1cc2ccccc2s1. The number of fused-ring (bicyclic) bond motifs is 1. The summed E-state index contributed by atoms with van der Waals surface area (Å²) in [6, 6.07) is 15.0. The Morgan fingerprint density at radius 2 is 1.89 bits per heavy atom. The van der Waals surface area contributed by atoms with Crippen molar-refractivity contribution in [2.45, 2.75) is 6.04 Å². The van der Waals surface area contributed by atoms with Crippen molar-refractivity contribution in [3.63, 3.8) is 0 Å². The van der Waals surface area contributed by atoms with Gasteiger partial charge in [0.25, 0.3) is 0 Å². The van der Waals surface area contributed by atoms with Crippen LogP contribution in [0.2, 0.25) is 0 Å². The number of thiophene rings is 1. The van der Waals surface area contributed by atoms with Crippen molar-refractivity contribution in [1.29, 1.82) is 0 Å². The summed E-state index contributed by atoms with van der Waals surface area (Å²) >= 11 is 4.87. The van der Waals surface area contributed by atoms with Crippen molar-refractivity contribution in [2.24, 2.45) is 5.73 Å². The third-order valence-electron chi connectivity index (χ3n) is 3.05. The van der Waals surface area contributed by atoms with E-state index in [1.807, 2.05) is 12.1 Å². The number of hydrogen-bond acceptors (Lipinski definition) is 2. The van der Waals surface area contributed by atoms with Crippen LogP contribution < -0.4 is 5.73 Å². The van der Waals surface area contributed by atoms with Gasteiger partial charge in [-0.3, -0.25) is 0 Å². The molecule has 0 aliphatic carbocycles. The summed E-state index contributed by atoms with van der Waals surface area (Å²) < 4.78 is 14.9. The highest BCUT2D eigenvalue weighted by atomic mass is 79.9. The zero-order chi connectivity index (χ0) is 13.4. The third-order valence-corrected chi connectivity index (χ3v) is 4.86. The largest absolute Gasteiger partial charge is 0.320 e. The van der Waals surface area contributed by atoms with E-state index in [0.717, 1.165) is 10.4 Å². The highest BCUT2D eigenvalue weighted by molar-refractivity contribution is 9.10. The van der Waals surface area contributed by atoms with E-state index in [4.69, 9.17) is 5.73 Å². The molecule has 0 radical (unpaired) electrons. The minimum Gasteiger partial charge on any atom is -0.320 e. The molecule has 1 atom stereocenters. The van der Waals surface area contributed by atoms with Gasteiger partial charge in [0.1, 0.15) is 5.82 Å². The molecule has 1 nitrogen and oxygen atoms in total. The average Bonchev–Trinajstić information content (AvgIpc) is 2.85. The molecule has 0 fully saturated rings. The van der Waals surface area contributed by atoms with Crippen molar-refractivity contribution in [3.05, 3.63) is 69.3 Å². The molecule has 19 heavy (non-hydrogen) atoms. The van der Waals surface area contributed by atoms with E-state index >= 15 is 0 Å². The molecule has 0 saturated carbocycles. The quantitative estimate of drug-likeness (QED) is 0.711. The van der Waals surface area contributed by atoms with Gasteiger partial charge >= 0.3 is 0 Å². The van der Waals surface area contributed by atoms with Crippen LogP contribution in [-0.2, 0) is 0 Å². The molecule has 2 N–H and O–H groups in total. The second kappa shape index (κ2) is 5.04. The Morgan fingerprint density at radius 3 is 2.63 bits per heavy atom. The molecule has 1 aromatic heterocycles. The molecule has 0 amide bonds. The van der Waals surface area contributed by atoms with Crippen LogP contribution in [0.5, 0.6) is 0 Å². The highest BCUT2D eigenvalue weighted by Gasteiger charge is 2.13. The standard InChI is InChI=1S/C15H11BrFNS/c16-11-7-10(5-6-12(11)17)15(18)14-8-9-3-1-2-4-13(9)19-14/h1-8,15H,18H2. The lowest BCUT2D eigenvalue weighted by molar-refractivity contribution is 0.619. The number of benzene rings is 2. The summed E-state index contributed by atoms with van der Waals surface area (Å²) in [5.41, 5.74) is 7.17. The lowest BCUT2D eigenvalue weighted by atomic mass is 10.1. The van der Waals surface area contributed by atoms with Crippen molar-refractivity contribution in [3.8, 4) is 0 Å². The van der Waals surface area contributed by atoms with Crippen LogP contribution in [-0.4, -0.2) is 0 Å². The van der Waals surface area contributed by atoms with Crippen molar-refractivity contribution in [2.75, 3.05) is 0 Å². The predicted molar refractivity (Wildman–Crippen MR) is 82.0 cm³/mol. The Balaban J connectivity index is 2.02. The molecule has 0 spiro atoms. The van der Waals surface area contributed by atoms with E-state index in [1.54, 1.807) is 23.5 Å². The first kappa shape index (κ1) is 12.8. The normalized spacial score (nSPS) is 12.8. The van der Waals surface area contributed by atoms with Crippen molar-refractivity contribution < 1.29 is 4.39 Å². The van der Waals surface area contributed by atoms with Gasteiger partial charge in [-0.05, 0) is 51.1 Å². The number of hydrogen-bond donors (Lipinski definition) is 1. The van der Waals surface area contributed by atoms with Crippen LogP contribution in [0.15, 0.2) is 53.0 Å². The van der Waals surface area contributed by atoms with Gasteiger partial charge in [0.15, 0.2) is 0 Å². The van der Waals surface area contributed by atoms with Crippen LogP contribution in [0.4, 0.5) is 4.39 Å². The Kier molecular flexibility index (Phi) is 3.39. The lowest BCUT2D eigenvalue weighted by Crippen LogP contribution is -2.10. The maximum absolute atomic E-state index is 13.2. The highest BCUT2D eigenvalue weighted by Crippen LogP contribution is 2.32. The summed E-state index contributed by atoms with van der Waals surface area (Å²) in [7, 11) is 0. The molecule has 0 bridgehead atoms. The Labute approximate surface area is 123 Å². The molecule has 4 heteroatoms. The van der Waals surface area contributed by atoms with E-state index in [1.165, 1.54) is 16.2 Å². The van der Waals surface area contributed by atoms with E-state index in [2.05, 4.69) is 34.1 Å². The second-order valence-electron chi connectivity index (χ2n) is 4.34. The van der Waals surface area contributed by atoms with Crippen molar-refractivity contribution in [1.82, 2.24) is 0 Å². The van der Waals surface area contributed by atoms with Crippen LogP contribution in [0.3, 0.4) is 0 Å². The van der Waals surface area contributed by atoms with Crippen LogP contribution >= 0.6 is 27.3 Å². The molecular weight excluding hydrogens is 325 g/mol. The third kappa shape index (κ3) is 2.43. The summed E-state index contributed by atoms with van der Waals surface area (Å²) in [4.78, 5) is 1.08. The Hall–Kier alpha value is -1.23. The molecule has 0 aliphatic rings. The van der Waals surface area contributed by atoms with Gasteiger partial charge in [0, 0.05) is 9.58 Å². The lowest BCUT2D eigenvalue weighted by Gasteiger charge is -2.10. The maximum atomic E-state index is 13.2. The molecule has 1 heterocycles. The molecule has 3 aromatic rings. The summed E-state index contributed by atoms with van der Waals surface area (Å²) in [5, 5.41) is 1.19. The Morgan fingerprint density at radius 1 is 1.11 bits per heavy atom. The minimum atomic E-state index is -0.271.